The average molecular weight is 331 g/mol. The minimum Gasteiger partial charge on any atom is -0.352 e. The van der Waals surface area contributed by atoms with Gasteiger partial charge in [-0.25, -0.2) is 0 Å². The fraction of sp³-hybridized carbons (Fsp3) is 0.529. The van der Waals surface area contributed by atoms with Crippen molar-refractivity contribution in [2.45, 2.75) is 18.9 Å². The van der Waals surface area contributed by atoms with Gasteiger partial charge in [0.15, 0.2) is 0 Å². The van der Waals surface area contributed by atoms with Crippen molar-refractivity contribution in [3.63, 3.8) is 0 Å². The third-order valence-corrected chi connectivity index (χ3v) is 5.48. The van der Waals surface area contributed by atoms with E-state index >= 15 is 0 Å². The second-order valence-electron chi connectivity index (χ2n) is 6.00. The smallest absolute Gasteiger partial charge is 0.248 e. The molecular weight excluding hydrogens is 310 g/mol. The third kappa shape index (κ3) is 3.41. The molecule has 1 aromatic rings. The SMILES string of the molecule is C#CCN1CCC(C(=O)N2CCNC(=O)[C@@H]2c2cccs2)CC1. The number of carbonyl (C=O) groups excluding carboxylic acids is 2. The van der Waals surface area contributed by atoms with E-state index in [4.69, 9.17) is 6.42 Å². The zero-order valence-electron chi connectivity index (χ0n) is 13.0. The fourth-order valence-electron chi connectivity index (χ4n) is 3.34. The van der Waals surface area contributed by atoms with Gasteiger partial charge in [0.2, 0.25) is 11.8 Å². The topological polar surface area (TPSA) is 52.7 Å². The number of piperidine rings is 1. The summed E-state index contributed by atoms with van der Waals surface area (Å²) >= 11 is 1.52. The minimum absolute atomic E-state index is 0.00242. The van der Waals surface area contributed by atoms with Gasteiger partial charge in [-0.05, 0) is 37.4 Å². The molecule has 6 heteroatoms. The highest BCUT2D eigenvalue weighted by molar-refractivity contribution is 7.10. The Morgan fingerprint density at radius 3 is 2.83 bits per heavy atom. The molecule has 23 heavy (non-hydrogen) atoms. The third-order valence-electron chi connectivity index (χ3n) is 4.56. The Kier molecular flexibility index (Phi) is 4.99. The predicted molar refractivity (Wildman–Crippen MR) is 89.8 cm³/mol. The number of piperazine rings is 1. The number of likely N-dealkylation sites (tertiary alicyclic amines) is 1. The Morgan fingerprint density at radius 1 is 1.39 bits per heavy atom. The van der Waals surface area contributed by atoms with Crippen LogP contribution in [-0.2, 0) is 9.59 Å². The van der Waals surface area contributed by atoms with Crippen molar-refractivity contribution in [2.75, 3.05) is 32.7 Å². The molecule has 122 valence electrons. The van der Waals surface area contributed by atoms with E-state index in [1.807, 2.05) is 17.5 Å². The summed E-state index contributed by atoms with van der Waals surface area (Å²) in [4.78, 5) is 30.2. The van der Waals surface area contributed by atoms with E-state index in [2.05, 4.69) is 16.1 Å². The van der Waals surface area contributed by atoms with Crippen LogP contribution in [0.15, 0.2) is 17.5 Å². The zero-order valence-corrected chi connectivity index (χ0v) is 13.8. The second kappa shape index (κ2) is 7.16. The number of amides is 2. The lowest BCUT2D eigenvalue weighted by molar-refractivity contribution is -0.147. The van der Waals surface area contributed by atoms with E-state index in [-0.39, 0.29) is 17.7 Å². The van der Waals surface area contributed by atoms with Crippen molar-refractivity contribution >= 4 is 23.2 Å². The van der Waals surface area contributed by atoms with Crippen LogP contribution in [0, 0.1) is 18.3 Å². The fourth-order valence-corrected chi connectivity index (χ4v) is 4.17. The van der Waals surface area contributed by atoms with Gasteiger partial charge in [-0.15, -0.1) is 17.8 Å². The number of terminal acetylenes is 1. The summed E-state index contributed by atoms with van der Waals surface area (Å²) in [5.74, 6) is 2.69. The lowest BCUT2D eigenvalue weighted by atomic mass is 9.94. The quantitative estimate of drug-likeness (QED) is 0.844. The van der Waals surface area contributed by atoms with Gasteiger partial charge in [0.1, 0.15) is 6.04 Å². The Morgan fingerprint density at radius 2 is 2.17 bits per heavy atom. The Hall–Kier alpha value is -1.84. The van der Waals surface area contributed by atoms with Crippen LogP contribution in [-0.4, -0.2) is 54.3 Å². The Balaban J connectivity index is 1.70. The van der Waals surface area contributed by atoms with Gasteiger partial charge in [0.05, 0.1) is 6.54 Å². The van der Waals surface area contributed by atoms with Crippen molar-refractivity contribution in [3.8, 4) is 12.3 Å². The molecule has 0 saturated carbocycles. The Labute approximate surface area is 140 Å². The molecule has 1 atom stereocenters. The van der Waals surface area contributed by atoms with Crippen molar-refractivity contribution in [1.82, 2.24) is 15.1 Å². The van der Waals surface area contributed by atoms with Gasteiger partial charge in [-0.3, -0.25) is 14.5 Å². The first-order valence-electron chi connectivity index (χ1n) is 7.98. The van der Waals surface area contributed by atoms with Crippen LogP contribution in [0.5, 0.6) is 0 Å². The second-order valence-corrected chi connectivity index (χ2v) is 6.97. The first kappa shape index (κ1) is 16.0. The number of carbonyl (C=O) groups is 2. The van der Waals surface area contributed by atoms with Crippen molar-refractivity contribution in [2.24, 2.45) is 5.92 Å². The lowest BCUT2D eigenvalue weighted by Crippen LogP contribution is -2.54. The molecular formula is C17H21N3O2S. The standard InChI is InChI=1S/C17H21N3O2S/c1-2-8-19-9-5-13(6-10-19)17(22)20-11-7-18-16(21)15(20)14-4-3-12-23-14/h1,3-4,12-13,15H,5-11H2,(H,18,21)/t15-/m0/s1. The number of thiophene rings is 1. The molecule has 3 heterocycles. The molecule has 2 aliphatic rings. The van der Waals surface area contributed by atoms with Crippen LogP contribution in [0.1, 0.15) is 23.8 Å². The van der Waals surface area contributed by atoms with E-state index in [0.29, 0.717) is 19.6 Å². The molecule has 0 aromatic carbocycles. The number of nitrogens with zero attached hydrogens (tertiary/aromatic N) is 2. The molecule has 0 bridgehead atoms. The maximum absolute atomic E-state index is 13.0. The summed E-state index contributed by atoms with van der Waals surface area (Å²) in [6.45, 7) is 3.46. The van der Waals surface area contributed by atoms with E-state index in [0.717, 1.165) is 30.8 Å². The highest BCUT2D eigenvalue weighted by Crippen LogP contribution is 2.30. The first-order valence-corrected chi connectivity index (χ1v) is 8.86. The van der Waals surface area contributed by atoms with E-state index in [1.165, 1.54) is 11.3 Å². The highest BCUT2D eigenvalue weighted by atomic mass is 32.1. The highest BCUT2D eigenvalue weighted by Gasteiger charge is 2.38. The molecule has 2 fully saturated rings. The van der Waals surface area contributed by atoms with E-state index in [9.17, 15) is 9.59 Å². The lowest BCUT2D eigenvalue weighted by Gasteiger charge is -2.38. The summed E-state index contributed by atoms with van der Waals surface area (Å²) in [5, 5.41) is 4.82. The molecule has 3 rings (SSSR count). The zero-order chi connectivity index (χ0) is 16.2. The number of nitrogens with one attached hydrogen (secondary N) is 1. The average Bonchev–Trinajstić information content (AvgIpc) is 3.09. The van der Waals surface area contributed by atoms with Crippen molar-refractivity contribution in [1.29, 1.82) is 0 Å². The summed E-state index contributed by atoms with van der Waals surface area (Å²) in [6, 6.07) is 3.37. The van der Waals surface area contributed by atoms with Gasteiger partial charge in [-0.2, -0.15) is 0 Å². The van der Waals surface area contributed by atoms with Gasteiger partial charge in [-0.1, -0.05) is 12.0 Å². The molecule has 2 saturated heterocycles. The van der Waals surface area contributed by atoms with Crippen molar-refractivity contribution < 1.29 is 9.59 Å². The Bertz CT molecular complexity index is 600. The maximum Gasteiger partial charge on any atom is 0.248 e. The summed E-state index contributed by atoms with van der Waals surface area (Å²) in [5.41, 5.74) is 0. The minimum atomic E-state index is -0.472. The van der Waals surface area contributed by atoms with Gasteiger partial charge in [0.25, 0.3) is 0 Å². The first-order chi connectivity index (χ1) is 11.2. The van der Waals surface area contributed by atoms with Crippen LogP contribution in [0.2, 0.25) is 0 Å². The summed E-state index contributed by atoms with van der Waals surface area (Å²) in [6.07, 6.45) is 6.98. The molecule has 0 spiro atoms. The molecule has 1 N–H and O–H groups in total. The normalized spacial score (nSPS) is 23.3. The number of hydrogen-bond donors (Lipinski definition) is 1. The molecule has 0 radical (unpaired) electrons. The van der Waals surface area contributed by atoms with Crippen LogP contribution in [0.4, 0.5) is 0 Å². The summed E-state index contributed by atoms with van der Waals surface area (Å²) in [7, 11) is 0. The van der Waals surface area contributed by atoms with Crippen LogP contribution >= 0.6 is 11.3 Å². The molecule has 2 aliphatic heterocycles. The van der Waals surface area contributed by atoms with Gasteiger partial charge < -0.3 is 10.2 Å². The van der Waals surface area contributed by atoms with Crippen LogP contribution < -0.4 is 5.32 Å². The van der Waals surface area contributed by atoms with E-state index < -0.39 is 6.04 Å². The largest absolute Gasteiger partial charge is 0.352 e. The summed E-state index contributed by atoms with van der Waals surface area (Å²) < 4.78 is 0. The monoisotopic (exact) mass is 331 g/mol. The van der Waals surface area contributed by atoms with Gasteiger partial charge in [0, 0.05) is 23.9 Å². The maximum atomic E-state index is 13.0. The predicted octanol–water partition coefficient (Wildman–Crippen LogP) is 1.09. The molecule has 2 amide bonds. The van der Waals surface area contributed by atoms with E-state index in [1.54, 1.807) is 4.90 Å². The molecule has 1 aromatic heterocycles. The molecule has 0 aliphatic carbocycles. The molecule has 5 nitrogen and oxygen atoms in total. The number of hydrogen-bond acceptors (Lipinski definition) is 4. The van der Waals surface area contributed by atoms with Gasteiger partial charge >= 0.3 is 0 Å². The van der Waals surface area contributed by atoms with Crippen molar-refractivity contribution in [3.05, 3.63) is 22.4 Å². The van der Waals surface area contributed by atoms with Crippen LogP contribution in [0.25, 0.3) is 0 Å². The molecule has 0 unspecified atom stereocenters. The number of rotatable bonds is 3. The van der Waals surface area contributed by atoms with Crippen LogP contribution in [0.3, 0.4) is 0 Å².